The molecular weight excluding hydrogens is 388 g/mol. The first kappa shape index (κ1) is 20.4. The molecule has 0 aliphatic carbocycles. The molecule has 0 unspecified atom stereocenters. The molecule has 1 saturated heterocycles. The first-order chi connectivity index (χ1) is 15.1. The molecule has 8 nitrogen and oxygen atoms in total. The second-order valence-corrected chi connectivity index (χ2v) is 9.11. The average molecular weight is 423 g/mol. The molecule has 166 valence electrons. The molecule has 31 heavy (non-hydrogen) atoms. The Bertz CT molecular complexity index is 1060. The highest BCUT2D eigenvalue weighted by Crippen LogP contribution is 2.30. The first-order valence-corrected chi connectivity index (χ1v) is 11.8. The van der Waals surface area contributed by atoms with Crippen LogP contribution in [-0.4, -0.2) is 60.6 Å². The molecule has 0 atom stereocenters. The maximum atomic E-state index is 4.91. The monoisotopic (exact) mass is 422 g/mol. The van der Waals surface area contributed by atoms with E-state index >= 15 is 0 Å². The molecule has 0 spiro atoms. The van der Waals surface area contributed by atoms with Gasteiger partial charge in [-0.3, -0.25) is 9.36 Å². The lowest BCUT2D eigenvalue weighted by atomic mass is 10.1. The third-order valence-electron chi connectivity index (χ3n) is 6.86. The van der Waals surface area contributed by atoms with Crippen molar-refractivity contribution in [3.63, 3.8) is 0 Å². The van der Waals surface area contributed by atoms with Crippen LogP contribution in [0.2, 0.25) is 0 Å². The molecule has 3 aromatic rings. The lowest BCUT2D eigenvalue weighted by Crippen LogP contribution is -2.32. The van der Waals surface area contributed by atoms with Gasteiger partial charge in [-0.2, -0.15) is 10.2 Å². The molecule has 5 heterocycles. The Hall–Kier alpha value is -2.48. The van der Waals surface area contributed by atoms with Crippen LogP contribution in [-0.2, 0) is 26.6 Å². The van der Waals surface area contributed by atoms with E-state index in [1.807, 2.05) is 24.9 Å². The molecular formula is C23H34N8. The molecule has 0 saturated carbocycles. The Morgan fingerprint density at radius 2 is 1.77 bits per heavy atom. The van der Waals surface area contributed by atoms with Gasteiger partial charge >= 0.3 is 0 Å². The van der Waals surface area contributed by atoms with Gasteiger partial charge in [0.2, 0.25) is 0 Å². The third-order valence-corrected chi connectivity index (χ3v) is 6.86. The number of rotatable bonds is 7. The summed E-state index contributed by atoms with van der Waals surface area (Å²) in [5, 5.41) is 10.3. The molecule has 8 heteroatoms. The molecule has 0 N–H and O–H groups in total. The van der Waals surface area contributed by atoms with Crippen LogP contribution in [0.3, 0.4) is 0 Å². The predicted molar refractivity (Wildman–Crippen MR) is 122 cm³/mol. The Kier molecular flexibility index (Phi) is 5.65. The zero-order valence-electron chi connectivity index (χ0n) is 19.1. The summed E-state index contributed by atoms with van der Waals surface area (Å²) in [6.45, 7) is 10.8. The van der Waals surface area contributed by atoms with E-state index in [0.29, 0.717) is 0 Å². The summed E-state index contributed by atoms with van der Waals surface area (Å²) >= 11 is 0. The molecule has 5 rings (SSSR count). The number of hydrogen-bond donors (Lipinski definition) is 0. The van der Waals surface area contributed by atoms with E-state index in [4.69, 9.17) is 10.1 Å². The maximum Gasteiger partial charge on any atom is 0.163 e. The van der Waals surface area contributed by atoms with Gasteiger partial charge in [0.1, 0.15) is 11.6 Å². The molecule has 1 fully saturated rings. The topological polar surface area (TPSA) is 67.9 Å². The second kappa shape index (κ2) is 8.57. The lowest BCUT2D eigenvalue weighted by Gasteiger charge is -2.29. The molecule has 3 aromatic heterocycles. The van der Waals surface area contributed by atoms with Crippen molar-refractivity contribution in [2.75, 3.05) is 31.1 Å². The number of likely N-dealkylation sites (tertiary alicyclic amines) is 1. The van der Waals surface area contributed by atoms with Crippen LogP contribution in [0.25, 0.3) is 11.0 Å². The van der Waals surface area contributed by atoms with Crippen molar-refractivity contribution in [3.8, 4) is 0 Å². The molecule has 0 radical (unpaired) electrons. The average Bonchev–Trinajstić information content (AvgIpc) is 3.48. The van der Waals surface area contributed by atoms with Crippen LogP contribution < -0.4 is 4.90 Å². The first-order valence-electron chi connectivity index (χ1n) is 11.8. The largest absolute Gasteiger partial charge is 0.351 e. The van der Waals surface area contributed by atoms with Gasteiger partial charge in [-0.1, -0.05) is 6.42 Å². The van der Waals surface area contributed by atoms with Gasteiger partial charge in [-0.15, -0.1) is 0 Å². The fourth-order valence-electron chi connectivity index (χ4n) is 5.16. The number of anilines is 1. The predicted octanol–water partition coefficient (Wildman–Crippen LogP) is 3.01. The van der Waals surface area contributed by atoms with Crippen LogP contribution in [0.4, 0.5) is 5.82 Å². The van der Waals surface area contributed by atoms with Gasteiger partial charge in [0.05, 0.1) is 17.3 Å². The molecule has 2 aliphatic rings. The minimum atomic E-state index is 0.790. The summed E-state index contributed by atoms with van der Waals surface area (Å²) in [5.74, 6) is 1.79. The van der Waals surface area contributed by atoms with Crippen molar-refractivity contribution in [2.24, 2.45) is 7.05 Å². The molecule has 0 amide bonds. The summed E-state index contributed by atoms with van der Waals surface area (Å²) in [6, 6.07) is 0. The van der Waals surface area contributed by atoms with E-state index in [9.17, 15) is 0 Å². The zero-order valence-corrected chi connectivity index (χ0v) is 19.1. The van der Waals surface area contributed by atoms with Crippen molar-refractivity contribution in [3.05, 3.63) is 29.0 Å². The Balaban J connectivity index is 1.25. The fraction of sp³-hybridized carbons (Fsp3) is 0.652. The number of fused-ring (bicyclic) bond motifs is 2. The van der Waals surface area contributed by atoms with Gasteiger partial charge in [0.15, 0.2) is 5.65 Å². The highest BCUT2D eigenvalue weighted by molar-refractivity contribution is 5.87. The van der Waals surface area contributed by atoms with Crippen LogP contribution in [0.5, 0.6) is 0 Å². The number of nitrogens with zero attached hydrogens (tertiary/aromatic N) is 8. The number of aromatic nitrogens is 6. The smallest absolute Gasteiger partial charge is 0.163 e. The molecule has 2 aliphatic heterocycles. The van der Waals surface area contributed by atoms with Crippen LogP contribution >= 0.6 is 0 Å². The summed E-state index contributed by atoms with van der Waals surface area (Å²) in [7, 11) is 1.94. The Morgan fingerprint density at radius 1 is 0.968 bits per heavy atom. The summed E-state index contributed by atoms with van der Waals surface area (Å²) in [5.41, 5.74) is 4.85. The van der Waals surface area contributed by atoms with Crippen molar-refractivity contribution in [1.82, 2.24) is 34.4 Å². The van der Waals surface area contributed by atoms with E-state index in [1.165, 1.54) is 63.0 Å². The minimum absolute atomic E-state index is 0.790. The van der Waals surface area contributed by atoms with Gasteiger partial charge < -0.3 is 9.80 Å². The highest BCUT2D eigenvalue weighted by Gasteiger charge is 2.26. The number of aryl methyl sites for hydroxylation is 4. The summed E-state index contributed by atoms with van der Waals surface area (Å²) in [6.07, 6.45) is 9.48. The second-order valence-electron chi connectivity index (χ2n) is 9.11. The van der Waals surface area contributed by atoms with E-state index in [1.54, 1.807) is 0 Å². The van der Waals surface area contributed by atoms with E-state index < -0.39 is 0 Å². The SMILES string of the molecule is Cc1nc(N2CCc3c(c(C)nn3CCCCCN3CCCC3)C2)c2cnn(C)c2n1. The van der Waals surface area contributed by atoms with Crippen LogP contribution in [0, 0.1) is 13.8 Å². The van der Waals surface area contributed by atoms with Crippen LogP contribution in [0.15, 0.2) is 6.20 Å². The zero-order chi connectivity index (χ0) is 21.4. The van der Waals surface area contributed by atoms with Crippen molar-refractivity contribution in [1.29, 1.82) is 0 Å². The summed E-state index contributed by atoms with van der Waals surface area (Å²) in [4.78, 5) is 14.3. The molecule has 0 bridgehead atoms. The number of hydrogen-bond acceptors (Lipinski definition) is 6. The third kappa shape index (κ3) is 4.05. The van der Waals surface area contributed by atoms with Gasteiger partial charge in [0, 0.05) is 44.4 Å². The van der Waals surface area contributed by atoms with Crippen molar-refractivity contribution in [2.45, 2.75) is 65.5 Å². The fourth-order valence-corrected chi connectivity index (χ4v) is 5.16. The van der Waals surface area contributed by atoms with E-state index in [2.05, 4.69) is 31.5 Å². The van der Waals surface area contributed by atoms with Gasteiger partial charge in [0.25, 0.3) is 0 Å². The van der Waals surface area contributed by atoms with Crippen molar-refractivity contribution >= 4 is 16.9 Å². The van der Waals surface area contributed by atoms with E-state index in [-0.39, 0.29) is 0 Å². The Morgan fingerprint density at radius 3 is 2.61 bits per heavy atom. The lowest BCUT2D eigenvalue weighted by molar-refractivity contribution is 0.326. The number of unbranched alkanes of at least 4 members (excludes halogenated alkanes) is 2. The van der Waals surface area contributed by atoms with Gasteiger partial charge in [-0.05, 0) is 59.2 Å². The van der Waals surface area contributed by atoms with Gasteiger partial charge in [-0.25, -0.2) is 9.97 Å². The van der Waals surface area contributed by atoms with Crippen LogP contribution in [0.1, 0.15) is 54.9 Å². The quantitative estimate of drug-likeness (QED) is 0.545. The normalized spacial score (nSPS) is 17.1. The molecule has 0 aromatic carbocycles. The standard InChI is InChI=1S/C23H34N8/c1-17-20-16-30(23-19-15-24-28(3)22(19)25-18(2)26-23)14-9-21(20)31(27-17)13-6-4-5-10-29-11-7-8-12-29/h15H,4-14,16H2,1-3H3. The highest BCUT2D eigenvalue weighted by atomic mass is 15.3. The Labute approximate surface area is 184 Å². The van der Waals surface area contributed by atoms with Crippen molar-refractivity contribution < 1.29 is 0 Å². The summed E-state index contributed by atoms with van der Waals surface area (Å²) < 4.78 is 4.11. The maximum absolute atomic E-state index is 4.91. The van der Waals surface area contributed by atoms with E-state index in [0.717, 1.165) is 54.4 Å². The minimum Gasteiger partial charge on any atom is -0.351 e.